The summed E-state index contributed by atoms with van der Waals surface area (Å²) < 4.78 is 9.07. The van der Waals surface area contributed by atoms with Gasteiger partial charge in [0.05, 0.1) is 5.52 Å². The Balaban J connectivity index is 0.957. The summed E-state index contributed by atoms with van der Waals surface area (Å²) in [5, 5.41) is 6.56. The van der Waals surface area contributed by atoms with Crippen LogP contribution in [0.5, 0.6) is 5.75 Å². The Hall–Kier alpha value is -6.23. The van der Waals surface area contributed by atoms with Gasteiger partial charge in [0.1, 0.15) is 17.4 Å². The lowest BCUT2D eigenvalue weighted by atomic mass is 9.88. The Bertz CT molecular complexity index is 2890. The number of fused-ring (bicyclic) bond motifs is 7. The van der Waals surface area contributed by atoms with Crippen LogP contribution in [0.25, 0.3) is 44.5 Å². The molecule has 4 heteroatoms. The molecule has 3 heterocycles. The van der Waals surface area contributed by atoms with Gasteiger partial charge in [-0.2, -0.15) is 4.99 Å². The number of rotatable bonds is 4. The molecule has 0 bridgehead atoms. The van der Waals surface area contributed by atoms with E-state index in [-0.39, 0.29) is 12.4 Å². The highest BCUT2D eigenvalue weighted by atomic mass is 16.5. The van der Waals surface area contributed by atoms with Crippen LogP contribution in [-0.2, 0) is 19.3 Å². The van der Waals surface area contributed by atoms with E-state index in [1.165, 1.54) is 94.4 Å². The molecular weight excluding hydrogens is 683 g/mol. The fourth-order valence-electron chi connectivity index (χ4n) is 10.5. The number of aromatic nitrogens is 1. The first kappa shape index (κ1) is 32.1. The number of benzene rings is 6. The lowest BCUT2D eigenvalue weighted by Gasteiger charge is -2.20. The molecule has 4 nitrogen and oxygen atoms in total. The van der Waals surface area contributed by atoms with E-state index in [2.05, 4.69) is 174 Å². The number of hydrogen-bond acceptors (Lipinski definition) is 1. The van der Waals surface area contributed by atoms with Crippen molar-refractivity contribution in [2.45, 2.75) is 50.9 Å². The van der Waals surface area contributed by atoms with E-state index >= 15 is 0 Å². The van der Waals surface area contributed by atoms with Gasteiger partial charge in [-0.15, -0.1) is 0 Å². The van der Waals surface area contributed by atoms with Crippen LogP contribution in [0.2, 0.25) is 0 Å². The Kier molecular flexibility index (Phi) is 7.09. The molecular formula is C52H43N3O+2. The van der Waals surface area contributed by atoms with Crippen LogP contribution in [0.4, 0.5) is 5.69 Å². The summed E-state index contributed by atoms with van der Waals surface area (Å²) in [7, 11) is 0. The van der Waals surface area contributed by atoms with Gasteiger partial charge in [-0.25, -0.2) is 9.88 Å². The monoisotopic (exact) mass is 725 g/mol. The molecule has 0 spiro atoms. The molecule has 1 aromatic heterocycles. The minimum absolute atomic E-state index is 0.0483. The number of hydrogen-bond donors (Lipinski definition) is 2. The topological polar surface area (TPSA) is 44.7 Å². The second-order valence-corrected chi connectivity index (χ2v) is 16.3. The van der Waals surface area contributed by atoms with Crippen LogP contribution < -0.4 is 15.0 Å². The second kappa shape index (κ2) is 12.4. The number of quaternary nitrogens is 1. The van der Waals surface area contributed by atoms with Crippen molar-refractivity contribution in [1.29, 1.82) is 0 Å². The van der Waals surface area contributed by atoms with Gasteiger partial charge < -0.3 is 4.74 Å². The zero-order valence-electron chi connectivity index (χ0n) is 31.5. The second-order valence-electron chi connectivity index (χ2n) is 16.3. The zero-order valence-corrected chi connectivity index (χ0v) is 31.5. The number of nitrogens with one attached hydrogen (secondary N) is 1. The molecule has 5 aliphatic rings. The quantitative estimate of drug-likeness (QED) is 0.175. The first-order chi connectivity index (χ1) is 27.7. The van der Waals surface area contributed by atoms with Crippen molar-refractivity contribution in [2.24, 2.45) is 5.92 Å². The molecule has 7 aromatic rings. The van der Waals surface area contributed by atoms with Gasteiger partial charge in [0, 0.05) is 39.8 Å². The number of allylic oxidation sites excluding steroid dienone is 3. The maximum atomic E-state index is 6.48. The van der Waals surface area contributed by atoms with Crippen molar-refractivity contribution in [2.75, 3.05) is 0 Å². The number of ether oxygens (including phenoxy) is 1. The Morgan fingerprint density at radius 2 is 1.48 bits per heavy atom. The lowest BCUT2D eigenvalue weighted by Crippen LogP contribution is -3.02. The molecule has 0 saturated carbocycles. The van der Waals surface area contributed by atoms with Gasteiger partial charge in [0.25, 0.3) is 0 Å². The molecule has 4 unspecified atom stereocenters. The highest BCUT2D eigenvalue weighted by Crippen LogP contribution is 2.45. The Morgan fingerprint density at radius 1 is 0.696 bits per heavy atom. The fraction of sp³-hybridized carbons (Fsp3) is 0.173. The molecule has 2 aliphatic heterocycles. The largest absolute Gasteiger partial charge is 0.485 e. The molecule has 0 amide bonds. The molecule has 3 aliphatic carbocycles. The third-order valence-corrected chi connectivity index (χ3v) is 13.3. The predicted octanol–water partition coefficient (Wildman–Crippen LogP) is 8.94. The maximum absolute atomic E-state index is 6.48. The van der Waals surface area contributed by atoms with E-state index in [0.29, 0.717) is 11.8 Å². The Labute approximate surface area is 327 Å². The number of nitrogens with zero attached hydrogens (tertiary/aromatic N) is 1. The summed E-state index contributed by atoms with van der Waals surface area (Å²) >= 11 is 0. The highest BCUT2D eigenvalue weighted by Gasteiger charge is 2.37. The molecule has 270 valence electrons. The van der Waals surface area contributed by atoms with Gasteiger partial charge in [0.2, 0.25) is 5.71 Å². The normalized spacial score (nSPS) is 21.5. The average Bonchev–Trinajstić information content (AvgIpc) is 3.90. The van der Waals surface area contributed by atoms with Crippen molar-refractivity contribution >= 4 is 44.7 Å². The van der Waals surface area contributed by atoms with Crippen molar-refractivity contribution in [3.63, 3.8) is 0 Å². The molecule has 4 atom stereocenters. The van der Waals surface area contributed by atoms with Crippen LogP contribution in [0.1, 0.15) is 70.2 Å². The van der Waals surface area contributed by atoms with E-state index in [1.807, 2.05) is 0 Å². The molecule has 0 radical (unpaired) electrons. The number of para-hydroxylation sites is 2. The van der Waals surface area contributed by atoms with Crippen LogP contribution in [0, 0.1) is 5.92 Å². The summed E-state index contributed by atoms with van der Waals surface area (Å²) in [6.07, 6.45) is 15.6. The van der Waals surface area contributed by atoms with Crippen molar-refractivity contribution < 1.29 is 15.0 Å². The molecule has 6 aromatic carbocycles. The van der Waals surface area contributed by atoms with Crippen LogP contribution in [0.15, 0.2) is 146 Å². The fourth-order valence-corrected chi connectivity index (χ4v) is 10.5. The van der Waals surface area contributed by atoms with E-state index in [9.17, 15) is 0 Å². The minimum Gasteiger partial charge on any atom is -0.485 e. The van der Waals surface area contributed by atoms with Crippen LogP contribution in [-0.4, -0.2) is 16.4 Å². The first-order valence-corrected chi connectivity index (χ1v) is 20.4. The van der Waals surface area contributed by atoms with Crippen molar-refractivity contribution in [3.05, 3.63) is 190 Å². The van der Waals surface area contributed by atoms with E-state index in [1.54, 1.807) is 0 Å². The van der Waals surface area contributed by atoms with Gasteiger partial charge in [-0.1, -0.05) is 110 Å². The summed E-state index contributed by atoms with van der Waals surface area (Å²) in [5.74, 6) is 1.73. The lowest BCUT2D eigenvalue weighted by molar-refractivity contribution is -0.825. The van der Waals surface area contributed by atoms with E-state index in [0.717, 1.165) is 31.4 Å². The minimum atomic E-state index is -0.0483. The smallest absolute Gasteiger partial charge is 0.369 e. The van der Waals surface area contributed by atoms with Crippen LogP contribution >= 0.6 is 0 Å². The van der Waals surface area contributed by atoms with Crippen LogP contribution in [0.3, 0.4) is 0 Å². The third kappa shape index (κ3) is 4.85. The molecule has 0 fully saturated rings. The molecule has 56 heavy (non-hydrogen) atoms. The first-order valence-electron chi connectivity index (χ1n) is 20.4. The summed E-state index contributed by atoms with van der Waals surface area (Å²) in [4.78, 5) is 4.09. The zero-order chi connectivity index (χ0) is 36.9. The number of nitrogens with two attached hydrogens (primary N) is 1. The molecule has 12 rings (SSSR count). The third-order valence-electron chi connectivity index (χ3n) is 13.3. The predicted molar refractivity (Wildman–Crippen MR) is 227 cm³/mol. The Morgan fingerprint density at radius 3 is 2.41 bits per heavy atom. The summed E-state index contributed by atoms with van der Waals surface area (Å²) in [6.45, 7) is 2.39. The van der Waals surface area contributed by atoms with E-state index < -0.39 is 0 Å². The highest BCUT2D eigenvalue weighted by molar-refractivity contribution is 6.12. The van der Waals surface area contributed by atoms with Gasteiger partial charge in [0.15, 0.2) is 5.69 Å². The SMILES string of the molecule is CC1CCc2c(c3ccccc3n2C2[NH+]=C(c3ccc(-c4ccc5c6c(cccc46)CC5)cc3)c3ccccc3[NH2+]2)C=C1c1ccc2c(c1)OC1C=CC=CC21. The number of aryl methyl sites for hydroxylation is 2. The standard InChI is InChI=1S/C52H41N3O/c1-31-17-28-47-44(30-43(31)36-25-27-40-39-11-4-7-16-48(39)56-49(40)29-36)38-10-3-6-15-46(38)55(47)52-53-45-14-5-2-12-42(45)51(54-52)35-22-18-32(19-23-35)37-26-24-34-21-20-33-9-8-13-41(37)50(33)34/h2-16,18-19,22-27,29-31,39,48,52-53H,17,20-21,28H2,1H3/p+2. The summed E-state index contributed by atoms with van der Waals surface area (Å²) in [5.41, 5.74) is 18.4. The van der Waals surface area contributed by atoms with Crippen molar-refractivity contribution in [1.82, 2.24) is 4.57 Å². The van der Waals surface area contributed by atoms with E-state index in [4.69, 9.17) is 4.74 Å². The van der Waals surface area contributed by atoms with Crippen molar-refractivity contribution in [3.8, 4) is 16.9 Å². The van der Waals surface area contributed by atoms with Gasteiger partial charge >= 0.3 is 6.29 Å². The average molecular weight is 726 g/mol. The molecule has 0 saturated heterocycles. The summed E-state index contributed by atoms with van der Waals surface area (Å²) in [6, 6.07) is 45.5. The van der Waals surface area contributed by atoms with Gasteiger partial charge in [-0.05, 0) is 118 Å². The van der Waals surface area contributed by atoms with Gasteiger partial charge in [-0.3, -0.25) is 0 Å². The maximum Gasteiger partial charge on any atom is 0.369 e. The molecule has 3 N–H and O–H groups in total.